The summed E-state index contributed by atoms with van der Waals surface area (Å²) in [5.41, 5.74) is 1.09. The van der Waals surface area contributed by atoms with E-state index in [4.69, 9.17) is 4.74 Å². The molecule has 0 aliphatic heterocycles. The molecule has 0 unspecified atom stereocenters. The number of ether oxygens (including phenoxy) is 1. The average Bonchev–Trinajstić information content (AvgIpc) is 2.41. The molecule has 0 radical (unpaired) electrons. The van der Waals surface area contributed by atoms with E-state index in [1.165, 1.54) is 6.07 Å². The Kier molecular flexibility index (Phi) is 4.66. The molecule has 2 aromatic rings. The molecule has 0 fully saturated rings. The summed E-state index contributed by atoms with van der Waals surface area (Å²) < 4.78 is 18.7. The molecule has 2 rings (SSSR count). The molecule has 0 saturated carbocycles. The van der Waals surface area contributed by atoms with Gasteiger partial charge in [-0.1, -0.05) is 6.07 Å². The minimum absolute atomic E-state index is 0.229. The molecular formula is C14H12BrFOS. The van der Waals surface area contributed by atoms with Crippen LogP contribution in [0.4, 0.5) is 4.39 Å². The summed E-state index contributed by atoms with van der Waals surface area (Å²) in [5, 5.41) is 0. The fourth-order valence-electron chi connectivity index (χ4n) is 1.47. The van der Waals surface area contributed by atoms with Crippen molar-refractivity contribution >= 4 is 27.7 Å². The lowest BCUT2D eigenvalue weighted by atomic mass is 10.2. The molecule has 0 N–H and O–H groups in total. The zero-order valence-corrected chi connectivity index (χ0v) is 12.2. The molecule has 0 aromatic heterocycles. The van der Waals surface area contributed by atoms with E-state index < -0.39 is 0 Å². The van der Waals surface area contributed by atoms with E-state index in [0.717, 1.165) is 22.0 Å². The number of benzene rings is 2. The normalized spacial score (nSPS) is 10.4. The zero-order chi connectivity index (χ0) is 13.0. The van der Waals surface area contributed by atoms with E-state index in [9.17, 15) is 4.39 Å². The lowest BCUT2D eigenvalue weighted by molar-refractivity contribution is 0.414. The first-order chi connectivity index (χ1) is 8.69. The summed E-state index contributed by atoms with van der Waals surface area (Å²) in [5.74, 6) is 1.43. The van der Waals surface area contributed by atoms with Gasteiger partial charge in [0.05, 0.1) is 11.6 Å². The molecule has 0 saturated heterocycles. The van der Waals surface area contributed by atoms with Gasteiger partial charge in [0.1, 0.15) is 11.6 Å². The fourth-order valence-corrected chi connectivity index (χ4v) is 2.74. The Balaban J connectivity index is 1.99. The van der Waals surface area contributed by atoms with Gasteiger partial charge in [-0.15, -0.1) is 11.8 Å². The second-order valence-electron chi connectivity index (χ2n) is 3.71. The molecule has 94 valence electrons. The predicted octanol–water partition coefficient (Wildman–Crippen LogP) is 4.89. The molecule has 0 amide bonds. The number of thioether (sulfide) groups is 1. The highest BCUT2D eigenvalue weighted by atomic mass is 79.9. The molecule has 0 spiro atoms. The van der Waals surface area contributed by atoms with Gasteiger partial charge in [0, 0.05) is 10.6 Å². The Labute approximate surface area is 118 Å². The van der Waals surface area contributed by atoms with Gasteiger partial charge < -0.3 is 4.74 Å². The minimum atomic E-state index is -0.229. The Hall–Kier alpha value is -1.00. The van der Waals surface area contributed by atoms with Gasteiger partial charge in [-0.05, 0) is 57.9 Å². The average molecular weight is 327 g/mol. The van der Waals surface area contributed by atoms with Crippen LogP contribution < -0.4 is 4.74 Å². The van der Waals surface area contributed by atoms with Crippen LogP contribution in [0.25, 0.3) is 0 Å². The monoisotopic (exact) mass is 326 g/mol. The van der Waals surface area contributed by atoms with Crippen molar-refractivity contribution in [2.45, 2.75) is 10.6 Å². The van der Waals surface area contributed by atoms with Crippen molar-refractivity contribution < 1.29 is 9.13 Å². The Bertz CT molecular complexity index is 528. The van der Waals surface area contributed by atoms with Crippen LogP contribution >= 0.6 is 27.7 Å². The first kappa shape index (κ1) is 13.4. The molecule has 1 nitrogen and oxygen atoms in total. The number of hydrogen-bond acceptors (Lipinski definition) is 2. The van der Waals surface area contributed by atoms with E-state index in [0.29, 0.717) is 4.47 Å². The zero-order valence-electron chi connectivity index (χ0n) is 9.82. The molecule has 0 atom stereocenters. The maximum absolute atomic E-state index is 13.1. The van der Waals surface area contributed by atoms with Gasteiger partial charge >= 0.3 is 0 Å². The van der Waals surface area contributed by atoms with Gasteiger partial charge in [-0.3, -0.25) is 0 Å². The van der Waals surface area contributed by atoms with Crippen LogP contribution in [0.15, 0.2) is 51.8 Å². The van der Waals surface area contributed by atoms with Crippen LogP contribution in [0, 0.1) is 5.82 Å². The minimum Gasteiger partial charge on any atom is -0.497 e. The van der Waals surface area contributed by atoms with Crippen molar-refractivity contribution in [1.82, 2.24) is 0 Å². The van der Waals surface area contributed by atoms with Crippen molar-refractivity contribution in [3.63, 3.8) is 0 Å². The SMILES string of the molecule is COc1ccc(SCc2ccc(F)c(Br)c2)cc1. The van der Waals surface area contributed by atoms with E-state index in [2.05, 4.69) is 15.9 Å². The second kappa shape index (κ2) is 6.25. The van der Waals surface area contributed by atoms with Crippen LogP contribution in [0.3, 0.4) is 0 Å². The third kappa shape index (κ3) is 3.50. The summed E-state index contributed by atoms with van der Waals surface area (Å²) in [7, 11) is 1.65. The van der Waals surface area contributed by atoms with Crippen molar-refractivity contribution in [2.24, 2.45) is 0 Å². The third-order valence-corrected chi connectivity index (χ3v) is 4.14. The highest BCUT2D eigenvalue weighted by molar-refractivity contribution is 9.10. The Morgan fingerprint density at radius 2 is 1.89 bits per heavy atom. The molecular weight excluding hydrogens is 315 g/mol. The van der Waals surface area contributed by atoms with Crippen molar-refractivity contribution in [3.8, 4) is 5.75 Å². The van der Waals surface area contributed by atoms with Gasteiger partial charge in [-0.2, -0.15) is 0 Å². The van der Waals surface area contributed by atoms with Crippen molar-refractivity contribution in [2.75, 3.05) is 7.11 Å². The summed E-state index contributed by atoms with van der Waals surface area (Å²) in [4.78, 5) is 1.16. The summed E-state index contributed by atoms with van der Waals surface area (Å²) in [6.07, 6.45) is 0. The van der Waals surface area contributed by atoms with E-state index in [1.54, 1.807) is 24.9 Å². The van der Waals surface area contributed by atoms with Gasteiger partial charge in [-0.25, -0.2) is 4.39 Å². The molecule has 0 bridgehead atoms. The van der Waals surface area contributed by atoms with E-state index in [-0.39, 0.29) is 5.82 Å². The maximum atomic E-state index is 13.1. The third-order valence-electron chi connectivity index (χ3n) is 2.45. The standard InChI is InChI=1S/C14H12BrFOS/c1-17-11-3-5-12(6-4-11)18-9-10-2-7-14(16)13(15)8-10/h2-8H,9H2,1H3. The van der Waals surface area contributed by atoms with Gasteiger partial charge in [0.2, 0.25) is 0 Å². The Morgan fingerprint density at radius 3 is 2.50 bits per heavy atom. The highest BCUT2D eigenvalue weighted by Crippen LogP contribution is 2.26. The van der Waals surface area contributed by atoms with Gasteiger partial charge in [0.25, 0.3) is 0 Å². The topological polar surface area (TPSA) is 9.23 Å². The Morgan fingerprint density at radius 1 is 1.17 bits per heavy atom. The molecule has 0 aliphatic carbocycles. The van der Waals surface area contributed by atoms with E-state index >= 15 is 0 Å². The van der Waals surface area contributed by atoms with Crippen LogP contribution in [-0.4, -0.2) is 7.11 Å². The number of methoxy groups -OCH3 is 1. The van der Waals surface area contributed by atoms with Crippen molar-refractivity contribution in [3.05, 3.63) is 58.3 Å². The number of halogens is 2. The lowest BCUT2D eigenvalue weighted by Crippen LogP contribution is -1.85. The summed E-state index contributed by atoms with van der Waals surface area (Å²) in [6, 6.07) is 13.0. The molecule has 0 heterocycles. The summed E-state index contributed by atoms with van der Waals surface area (Å²) >= 11 is 4.90. The van der Waals surface area contributed by atoms with Crippen LogP contribution in [0.5, 0.6) is 5.75 Å². The quantitative estimate of drug-likeness (QED) is 0.740. The predicted molar refractivity (Wildman–Crippen MR) is 76.7 cm³/mol. The molecule has 0 aliphatic rings. The second-order valence-corrected chi connectivity index (χ2v) is 5.62. The first-order valence-electron chi connectivity index (χ1n) is 5.40. The molecule has 2 aromatic carbocycles. The van der Waals surface area contributed by atoms with Crippen LogP contribution in [0.1, 0.15) is 5.56 Å². The fraction of sp³-hybridized carbons (Fsp3) is 0.143. The summed E-state index contributed by atoms with van der Waals surface area (Å²) in [6.45, 7) is 0. The van der Waals surface area contributed by atoms with Gasteiger partial charge in [0.15, 0.2) is 0 Å². The maximum Gasteiger partial charge on any atom is 0.137 e. The molecule has 4 heteroatoms. The largest absolute Gasteiger partial charge is 0.497 e. The number of rotatable bonds is 4. The first-order valence-corrected chi connectivity index (χ1v) is 7.17. The number of hydrogen-bond donors (Lipinski definition) is 0. The van der Waals surface area contributed by atoms with E-state index in [1.807, 2.05) is 30.3 Å². The van der Waals surface area contributed by atoms with Crippen LogP contribution in [-0.2, 0) is 5.75 Å². The highest BCUT2D eigenvalue weighted by Gasteiger charge is 2.01. The smallest absolute Gasteiger partial charge is 0.137 e. The van der Waals surface area contributed by atoms with Crippen LogP contribution in [0.2, 0.25) is 0 Å². The lowest BCUT2D eigenvalue weighted by Gasteiger charge is -2.04. The van der Waals surface area contributed by atoms with Crippen molar-refractivity contribution in [1.29, 1.82) is 0 Å². The molecule has 18 heavy (non-hydrogen) atoms.